The van der Waals surface area contributed by atoms with E-state index in [0.29, 0.717) is 11.6 Å². The van der Waals surface area contributed by atoms with Crippen molar-refractivity contribution in [3.63, 3.8) is 0 Å². The Kier molecular flexibility index (Phi) is 5.20. The number of hydrogen-bond donors (Lipinski definition) is 0. The van der Waals surface area contributed by atoms with Gasteiger partial charge in [-0.15, -0.1) is 0 Å². The van der Waals surface area contributed by atoms with Gasteiger partial charge in [-0.1, -0.05) is 11.6 Å². The maximum absolute atomic E-state index is 6.25. The van der Waals surface area contributed by atoms with E-state index < -0.39 is 0 Å². The molecule has 0 saturated heterocycles. The number of hydrogen-bond acceptors (Lipinski definition) is 4. The number of aromatic nitrogens is 2. The molecule has 5 nitrogen and oxygen atoms in total. The number of fused-ring (bicyclic) bond motifs is 1. The van der Waals surface area contributed by atoms with Gasteiger partial charge in [-0.25, -0.2) is 0 Å². The highest BCUT2D eigenvalue weighted by molar-refractivity contribution is 6.32. The van der Waals surface area contributed by atoms with Crippen molar-refractivity contribution in [2.75, 3.05) is 27.4 Å². The molecule has 0 unspecified atom stereocenters. The van der Waals surface area contributed by atoms with E-state index in [-0.39, 0.29) is 0 Å². The smallest absolute Gasteiger partial charge is 0.137 e. The van der Waals surface area contributed by atoms with Crippen LogP contribution in [0.2, 0.25) is 5.02 Å². The van der Waals surface area contributed by atoms with Gasteiger partial charge in [-0.3, -0.25) is 9.58 Å². The van der Waals surface area contributed by atoms with Crippen LogP contribution in [-0.2, 0) is 30.8 Å². The van der Waals surface area contributed by atoms with Gasteiger partial charge in [0, 0.05) is 38.5 Å². The minimum absolute atomic E-state index is 0.679. The number of methoxy groups -OCH3 is 2. The van der Waals surface area contributed by atoms with Crippen LogP contribution in [0.4, 0.5) is 0 Å². The molecule has 2 aromatic rings. The SMILES string of the molecule is COCCn1cc(CN2CCc3cc(OC)c(Cl)cc3C2)cn1. The molecule has 3 rings (SSSR count). The Morgan fingerprint density at radius 1 is 1.26 bits per heavy atom. The van der Waals surface area contributed by atoms with E-state index in [1.54, 1.807) is 14.2 Å². The summed E-state index contributed by atoms with van der Waals surface area (Å²) in [5.41, 5.74) is 3.84. The van der Waals surface area contributed by atoms with Crippen molar-refractivity contribution in [2.45, 2.75) is 26.1 Å². The minimum Gasteiger partial charge on any atom is -0.495 e. The fourth-order valence-electron chi connectivity index (χ4n) is 2.96. The Hall–Kier alpha value is -1.56. The average molecular weight is 336 g/mol. The lowest BCUT2D eigenvalue weighted by molar-refractivity contribution is 0.183. The van der Waals surface area contributed by atoms with Gasteiger partial charge in [-0.2, -0.15) is 5.10 Å². The van der Waals surface area contributed by atoms with Gasteiger partial charge in [0.1, 0.15) is 5.75 Å². The third-order valence-corrected chi connectivity index (χ3v) is 4.48. The molecular weight excluding hydrogens is 314 g/mol. The Balaban J connectivity index is 1.65. The molecule has 124 valence electrons. The van der Waals surface area contributed by atoms with Crippen molar-refractivity contribution in [2.24, 2.45) is 0 Å². The molecule has 1 aliphatic heterocycles. The lowest BCUT2D eigenvalue weighted by Gasteiger charge is -2.28. The molecular formula is C17H22ClN3O2. The highest BCUT2D eigenvalue weighted by Crippen LogP contribution is 2.31. The Bertz CT molecular complexity index is 672. The maximum atomic E-state index is 6.25. The first-order valence-electron chi connectivity index (χ1n) is 7.77. The molecule has 0 bridgehead atoms. The fraction of sp³-hybridized carbons (Fsp3) is 0.471. The number of halogens is 1. The topological polar surface area (TPSA) is 39.5 Å². The van der Waals surface area contributed by atoms with Crippen LogP contribution in [-0.4, -0.2) is 42.1 Å². The predicted molar refractivity (Wildman–Crippen MR) is 89.9 cm³/mol. The second-order valence-corrected chi connectivity index (χ2v) is 6.23. The monoisotopic (exact) mass is 335 g/mol. The molecule has 23 heavy (non-hydrogen) atoms. The van der Waals surface area contributed by atoms with Crippen LogP contribution in [0.15, 0.2) is 24.5 Å². The van der Waals surface area contributed by atoms with Crippen LogP contribution in [0.3, 0.4) is 0 Å². The van der Waals surface area contributed by atoms with Gasteiger partial charge in [0.05, 0.1) is 31.5 Å². The van der Waals surface area contributed by atoms with Crippen molar-refractivity contribution in [3.05, 3.63) is 46.2 Å². The van der Waals surface area contributed by atoms with E-state index in [2.05, 4.69) is 22.3 Å². The van der Waals surface area contributed by atoms with Crippen LogP contribution < -0.4 is 4.74 Å². The van der Waals surface area contributed by atoms with Gasteiger partial charge >= 0.3 is 0 Å². The van der Waals surface area contributed by atoms with Gasteiger partial charge in [0.2, 0.25) is 0 Å². The first-order chi connectivity index (χ1) is 11.2. The van der Waals surface area contributed by atoms with Crippen molar-refractivity contribution in [1.82, 2.24) is 14.7 Å². The number of rotatable bonds is 6. The molecule has 1 aromatic heterocycles. The standard InChI is InChI=1S/C17H22ClN3O2/c1-22-6-5-21-11-13(9-19-21)10-20-4-3-14-8-17(23-2)16(18)7-15(14)12-20/h7-9,11H,3-6,10,12H2,1-2H3. The minimum atomic E-state index is 0.679. The third kappa shape index (κ3) is 3.86. The van der Waals surface area contributed by atoms with Crippen LogP contribution in [0.5, 0.6) is 5.75 Å². The van der Waals surface area contributed by atoms with E-state index in [0.717, 1.165) is 38.3 Å². The molecule has 6 heteroatoms. The van der Waals surface area contributed by atoms with Crippen molar-refractivity contribution >= 4 is 11.6 Å². The van der Waals surface area contributed by atoms with E-state index in [1.807, 2.05) is 16.9 Å². The summed E-state index contributed by atoms with van der Waals surface area (Å²) < 4.78 is 12.3. The Morgan fingerprint density at radius 2 is 2.13 bits per heavy atom. The van der Waals surface area contributed by atoms with Crippen molar-refractivity contribution < 1.29 is 9.47 Å². The number of nitrogens with zero attached hydrogens (tertiary/aromatic N) is 3. The summed E-state index contributed by atoms with van der Waals surface area (Å²) in [5.74, 6) is 0.762. The number of ether oxygens (including phenoxy) is 2. The predicted octanol–water partition coefficient (Wildman–Crippen LogP) is 2.75. The van der Waals surface area contributed by atoms with Gasteiger partial charge in [0.15, 0.2) is 0 Å². The highest BCUT2D eigenvalue weighted by Gasteiger charge is 2.19. The summed E-state index contributed by atoms with van der Waals surface area (Å²) in [6.07, 6.45) is 5.04. The summed E-state index contributed by atoms with van der Waals surface area (Å²) in [6, 6.07) is 4.10. The summed E-state index contributed by atoms with van der Waals surface area (Å²) in [6.45, 7) is 4.30. The molecule has 0 fully saturated rings. The summed E-state index contributed by atoms with van der Waals surface area (Å²) in [7, 11) is 3.36. The fourth-order valence-corrected chi connectivity index (χ4v) is 3.22. The van der Waals surface area contributed by atoms with Gasteiger partial charge < -0.3 is 9.47 Å². The molecule has 1 aromatic carbocycles. The molecule has 0 spiro atoms. The van der Waals surface area contributed by atoms with Crippen LogP contribution in [0.25, 0.3) is 0 Å². The second-order valence-electron chi connectivity index (χ2n) is 5.82. The average Bonchev–Trinajstić information content (AvgIpc) is 2.99. The molecule has 0 amide bonds. The molecule has 0 saturated carbocycles. The highest BCUT2D eigenvalue weighted by atomic mass is 35.5. The van der Waals surface area contributed by atoms with E-state index in [1.165, 1.54) is 16.7 Å². The zero-order valence-corrected chi connectivity index (χ0v) is 14.3. The van der Waals surface area contributed by atoms with Crippen LogP contribution in [0.1, 0.15) is 16.7 Å². The first kappa shape index (κ1) is 16.3. The molecule has 0 aliphatic carbocycles. The molecule has 0 radical (unpaired) electrons. The van der Waals surface area contributed by atoms with Gasteiger partial charge in [-0.05, 0) is 29.7 Å². The second kappa shape index (κ2) is 7.34. The van der Waals surface area contributed by atoms with E-state index >= 15 is 0 Å². The zero-order valence-electron chi connectivity index (χ0n) is 13.6. The zero-order chi connectivity index (χ0) is 16.2. The normalized spacial score (nSPS) is 14.7. The Labute approximate surface area is 141 Å². The van der Waals surface area contributed by atoms with E-state index in [9.17, 15) is 0 Å². The van der Waals surface area contributed by atoms with Crippen LogP contribution in [0, 0.1) is 0 Å². The maximum Gasteiger partial charge on any atom is 0.137 e. The largest absolute Gasteiger partial charge is 0.495 e. The molecule has 0 N–H and O–H groups in total. The third-order valence-electron chi connectivity index (χ3n) is 4.18. The van der Waals surface area contributed by atoms with Crippen molar-refractivity contribution in [3.8, 4) is 5.75 Å². The van der Waals surface area contributed by atoms with Crippen LogP contribution >= 0.6 is 11.6 Å². The molecule has 1 aliphatic rings. The van der Waals surface area contributed by atoms with E-state index in [4.69, 9.17) is 21.1 Å². The first-order valence-corrected chi connectivity index (χ1v) is 8.15. The number of benzene rings is 1. The molecule has 2 heterocycles. The summed E-state index contributed by atoms with van der Waals surface area (Å²) in [5, 5.41) is 5.05. The van der Waals surface area contributed by atoms with Gasteiger partial charge in [0.25, 0.3) is 0 Å². The molecule has 0 atom stereocenters. The Morgan fingerprint density at radius 3 is 2.91 bits per heavy atom. The van der Waals surface area contributed by atoms with Crippen molar-refractivity contribution in [1.29, 1.82) is 0 Å². The summed E-state index contributed by atoms with van der Waals surface area (Å²) in [4.78, 5) is 2.42. The quantitative estimate of drug-likeness (QED) is 0.813. The lowest BCUT2D eigenvalue weighted by atomic mass is 9.99. The summed E-state index contributed by atoms with van der Waals surface area (Å²) >= 11 is 6.25. The lowest BCUT2D eigenvalue weighted by Crippen LogP contribution is -2.30.